The second kappa shape index (κ2) is 8.68. The summed E-state index contributed by atoms with van der Waals surface area (Å²) in [5, 5.41) is 2.55. The Morgan fingerprint density at radius 2 is 1.58 bits per heavy atom. The molecule has 10 heteroatoms. The van der Waals surface area contributed by atoms with Gasteiger partial charge >= 0.3 is 6.36 Å². The molecule has 1 amide bonds. The molecular weight excluding hydrogens is 433 g/mol. The van der Waals surface area contributed by atoms with Gasteiger partial charge in [-0.25, -0.2) is 8.42 Å². The molecule has 0 aromatic heterocycles. The lowest BCUT2D eigenvalue weighted by molar-refractivity contribution is -0.274. The number of nitrogens with one attached hydrogen (secondary N) is 2. The molecule has 3 aromatic rings. The van der Waals surface area contributed by atoms with Gasteiger partial charge in [0.1, 0.15) is 5.75 Å². The van der Waals surface area contributed by atoms with Gasteiger partial charge in [0.2, 0.25) is 0 Å². The molecule has 3 rings (SSSR count). The number of sulfonamides is 1. The van der Waals surface area contributed by atoms with Crippen molar-refractivity contribution in [1.82, 2.24) is 0 Å². The summed E-state index contributed by atoms with van der Waals surface area (Å²) >= 11 is 0. The average Bonchev–Trinajstić information content (AvgIpc) is 2.70. The van der Waals surface area contributed by atoms with Crippen molar-refractivity contribution in [2.75, 3.05) is 10.0 Å². The maximum absolute atomic E-state index is 12.5. The van der Waals surface area contributed by atoms with E-state index in [1.807, 2.05) is 0 Å². The van der Waals surface area contributed by atoms with Gasteiger partial charge in [0, 0.05) is 11.3 Å². The van der Waals surface area contributed by atoms with Gasteiger partial charge in [-0.15, -0.1) is 13.2 Å². The first kappa shape index (κ1) is 22.2. The molecule has 0 unspecified atom stereocenters. The van der Waals surface area contributed by atoms with Crippen molar-refractivity contribution in [3.63, 3.8) is 0 Å². The van der Waals surface area contributed by atoms with Crippen LogP contribution in [0.2, 0.25) is 0 Å². The van der Waals surface area contributed by atoms with E-state index in [4.69, 9.17) is 0 Å². The van der Waals surface area contributed by atoms with E-state index >= 15 is 0 Å². The number of halogens is 3. The van der Waals surface area contributed by atoms with Crippen LogP contribution in [0.5, 0.6) is 5.75 Å². The van der Waals surface area contributed by atoms with Crippen LogP contribution in [0.15, 0.2) is 77.7 Å². The molecule has 0 saturated carbocycles. The topological polar surface area (TPSA) is 84.5 Å². The van der Waals surface area contributed by atoms with Crippen LogP contribution in [0.4, 0.5) is 24.5 Å². The lowest BCUT2D eigenvalue weighted by Crippen LogP contribution is -2.17. The molecule has 0 heterocycles. The highest BCUT2D eigenvalue weighted by atomic mass is 32.2. The van der Waals surface area contributed by atoms with Gasteiger partial charge < -0.3 is 10.1 Å². The Kier molecular flexibility index (Phi) is 6.21. The molecule has 0 radical (unpaired) electrons. The Labute approximate surface area is 176 Å². The maximum Gasteiger partial charge on any atom is 0.573 e. The first-order chi connectivity index (χ1) is 14.5. The van der Waals surface area contributed by atoms with Gasteiger partial charge in [0.25, 0.3) is 15.9 Å². The monoisotopic (exact) mass is 450 g/mol. The fraction of sp³-hybridized carbons (Fsp3) is 0.0952. The van der Waals surface area contributed by atoms with E-state index in [1.165, 1.54) is 42.5 Å². The third kappa shape index (κ3) is 5.98. The van der Waals surface area contributed by atoms with Gasteiger partial charge in [0.15, 0.2) is 0 Å². The molecule has 0 aliphatic heterocycles. The predicted octanol–water partition coefficient (Wildman–Crippen LogP) is 4.95. The number of rotatable bonds is 6. The quantitative estimate of drug-likeness (QED) is 0.557. The molecule has 0 fully saturated rings. The SMILES string of the molecule is Cc1cc(C(=O)Nc2ccc(OC(F)(F)F)cc2)ccc1NS(=O)(=O)c1ccccc1. The Morgan fingerprint density at radius 1 is 0.935 bits per heavy atom. The number of anilines is 2. The summed E-state index contributed by atoms with van der Waals surface area (Å²) in [6.07, 6.45) is -4.80. The summed E-state index contributed by atoms with van der Waals surface area (Å²) in [5.41, 5.74) is 1.34. The summed E-state index contributed by atoms with van der Waals surface area (Å²) in [6, 6.07) is 16.9. The molecule has 0 aliphatic carbocycles. The molecule has 0 aliphatic rings. The normalized spacial score (nSPS) is 11.6. The second-order valence-corrected chi connectivity index (χ2v) is 8.16. The van der Waals surface area contributed by atoms with Crippen LogP contribution in [0.3, 0.4) is 0 Å². The lowest BCUT2D eigenvalue weighted by atomic mass is 10.1. The molecule has 0 saturated heterocycles. The molecule has 31 heavy (non-hydrogen) atoms. The summed E-state index contributed by atoms with van der Waals surface area (Å²) in [7, 11) is -3.78. The van der Waals surface area contributed by atoms with Crippen LogP contribution in [0, 0.1) is 6.92 Å². The first-order valence-corrected chi connectivity index (χ1v) is 10.4. The van der Waals surface area contributed by atoms with E-state index in [0.717, 1.165) is 12.1 Å². The number of benzene rings is 3. The van der Waals surface area contributed by atoms with Gasteiger partial charge in [0.05, 0.1) is 10.6 Å². The summed E-state index contributed by atoms with van der Waals surface area (Å²) < 4.78 is 67.8. The van der Waals surface area contributed by atoms with Crippen molar-refractivity contribution in [2.24, 2.45) is 0 Å². The third-order valence-electron chi connectivity index (χ3n) is 4.13. The summed E-state index contributed by atoms with van der Waals surface area (Å²) in [5.74, 6) is -0.915. The number of carbonyl (C=O) groups excluding carboxylic acids is 1. The van der Waals surface area contributed by atoms with E-state index in [2.05, 4.69) is 14.8 Å². The average molecular weight is 450 g/mol. The van der Waals surface area contributed by atoms with Gasteiger partial charge in [-0.05, 0) is 67.1 Å². The minimum Gasteiger partial charge on any atom is -0.406 e. The Hall–Kier alpha value is -3.53. The first-order valence-electron chi connectivity index (χ1n) is 8.89. The molecule has 6 nitrogen and oxygen atoms in total. The Morgan fingerprint density at radius 3 is 2.16 bits per heavy atom. The van der Waals surface area contributed by atoms with Crippen molar-refractivity contribution in [2.45, 2.75) is 18.2 Å². The molecular formula is C21H17F3N2O4S. The highest BCUT2D eigenvalue weighted by Crippen LogP contribution is 2.25. The number of hydrogen-bond donors (Lipinski definition) is 2. The van der Waals surface area contributed by atoms with Crippen LogP contribution in [0.25, 0.3) is 0 Å². The van der Waals surface area contributed by atoms with Crippen LogP contribution in [0.1, 0.15) is 15.9 Å². The number of aryl methyl sites for hydroxylation is 1. The van der Waals surface area contributed by atoms with Crippen LogP contribution in [-0.4, -0.2) is 20.7 Å². The number of alkyl halides is 3. The summed E-state index contributed by atoms with van der Waals surface area (Å²) in [6.45, 7) is 1.64. The lowest BCUT2D eigenvalue weighted by Gasteiger charge is -2.13. The van der Waals surface area contributed by atoms with Crippen molar-refractivity contribution in [1.29, 1.82) is 0 Å². The highest BCUT2D eigenvalue weighted by molar-refractivity contribution is 7.92. The minimum absolute atomic E-state index is 0.106. The van der Waals surface area contributed by atoms with E-state index in [9.17, 15) is 26.4 Å². The molecule has 0 atom stereocenters. The molecule has 3 aromatic carbocycles. The Balaban J connectivity index is 1.70. The zero-order valence-electron chi connectivity index (χ0n) is 16.1. The van der Waals surface area contributed by atoms with Crippen molar-refractivity contribution >= 4 is 27.3 Å². The predicted molar refractivity (Wildman–Crippen MR) is 110 cm³/mol. The number of carbonyl (C=O) groups is 1. The van der Waals surface area contributed by atoms with Crippen molar-refractivity contribution in [3.8, 4) is 5.75 Å². The smallest absolute Gasteiger partial charge is 0.406 e. The standard InChI is InChI=1S/C21H17F3N2O4S/c1-14-13-15(7-12-19(14)26-31(28,29)18-5-3-2-4-6-18)20(27)25-16-8-10-17(11-9-16)30-21(22,23)24/h2-13,26H,1H3,(H,25,27). The molecule has 0 spiro atoms. The van der Waals surface area contributed by atoms with Crippen LogP contribution in [-0.2, 0) is 10.0 Å². The third-order valence-corrected chi connectivity index (χ3v) is 5.51. The highest BCUT2D eigenvalue weighted by Gasteiger charge is 2.31. The number of amides is 1. The van der Waals surface area contributed by atoms with Gasteiger partial charge in [-0.2, -0.15) is 0 Å². The largest absolute Gasteiger partial charge is 0.573 e. The number of ether oxygens (including phenoxy) is 1. The van der Waals surface area contributed by atoms with Gasteiger partial charge in [-0.3, -0.25) is 9.52 Å². The molecule has 162 valence electrons. The van der Waals surface area contributed by atoms with Gasteiger partial charge in [-0.1, -0.05) is 18.2 Å². The van der Waals surface area contributed by atoms with Crippen molar-refractivity contribution in [3.05, 3.63) is 83.9 Å². The van der Waals surface area contributed by atoms with Crippen LogP contribution < -0.4 is 14.8 Å². The maximum atomic E-state index is 12.5. The molecule has 0 bridgehead atoms. The summed E-state index contributed by atoms with van der Waals surface area (Å²) in [4.78, 5) is 12.5. The van der Waals surface area contributed by atoms with Crippen molar-refractivity contribution < 1.29 is 31.1 Å². The fourth-order valence-electron chi connectivity index (χ4n) is 2.67. The Bertz CT molecular complexity index is 1180. The van der Waals surface area contributed by atoms with E-state index < -0.39 is 28.0 Å². The van der Waals surface area contributed by atoms with E-state index in [0.29, 0.717) is 11.3 Å². The zero-order valence-corrected chi connectivity index (χ0v) is 16.9. The zero-order chi connectivity index (χ0) is 22.6. The van der Waals surface area contributed by atoms with E-state index in [-0.39, 0.29) is 16.1 Å². The fourth-order valence-corrected chi connectivity index (χ4v) is 3.82. The van der Waals surface area contributed by atoms with Crippen LogP contribution >= 0.6 is 0 Å². The second-order valence-electron chi connectivity index (χ2n) is 6.47. The van der Waals surface area contributed by atoms with E-state index in [1.54, 1.807) is 25.1 Å². The minimum atomic E-state index is -4.80. The molecule has 2 N–H and O–H groups in total. The number of hydrogen-bond acceptors (Lipinski definition) is 4.